The number of nitrogens with zero attached hydrogens (tertiary/aromatic N) is 1. The summed E-state index contributed by atoms with van der Waals surface area (Å²) in [4.78, 5) is 13.2. The molecule has 0 radical (unpaired) electrons. The van der Waals surface area contributed by atoms with Gasteiger partial charge in [0.15, 0.2) is 0 Å². The first-order valence-corrected chi connectivity index (χ1v) is 8.60. The fourth-order valence-electron chi connectivity index (χ4n) is 2.00. The van der Waals surface area contributed by atoms with Crippen LogP contribution in [0.2, 0.25) is 0 Å². The molecule has 0 spiro atoms. The summed E-state index contributed by atoms with van der Waals surface area (Å²) in [6, 6.07) is 7.64. The molecule has 23 heavy (non-hydrogen) atoms. The van der Waals surface area contributed by atoms with Gasteiger partial charge in [0, 0.05) is 21.9 Å². The van der Waals surface area contributed by atoms with Crippen LogP contribution in [-0.4, -0.2) is 16.4 Å². The third kappa shape index (κ3) is 5.32. The molecule has 2 amide bonds. The first kappa shape index (κ1) is 17.4. The van der Waals surface area contributed by atoms with Crippen LogP contribution in [0.1, 0.15) is 37.3 Å². The van der Waals surface area contributed by atoms with Gasteiger partial charge in [0.25, 0.3) is 0 Å². The molecule has 0 aliphatic rings. The van der Waals surface area contributed by atoms with Crippen LogP contribution in [0.3, 0.4) is 0 Å². The minimum atomic E-state index is -0.254. The molecule has 124 valence electrons. The Bertz CT molecular complexity index is 670. The zero-order chi connectivity index (χ0) is 16.8. The third-order valence-electron chi connectivity index (χ3n) is 3.47. The van der Waals surface area contributed by atoms with Gasteiger partial charge in [-0.15, -0.1) is 11.8 Å². The highest BCUT2D eigenvalue weighted by molar-refractivity contribution is 7.99. The van der Waals surface area contributed by atoms with Crippen LogP contribution in [-0.2, 0) is 6.54 Å². The largest absolute Gasteiger partial charge is 0.361 e. The first-order valence-electron chi connectivity index (χ1n) is 7.72. The number of hydrogen-bond acceptors (Lipinski definition) is 4. The Morgan fingerprint density at radius 2 is 2.13 bits per heavy atom. The van der Waals surface area contributed by atoms with E-state index in [1.807, 2.05) is 37.7 Å². The van der Waals surface area contributed by atoms with Crippen molar-refractivity contribution in [3.8, 4) is 0 Å². The van der Waals surface area contributed by atoms with Gasteiger partial charge in [0.2, 0.25) is 0 Å². The molecule has 2 N–H and O–H groups in total. The number of rotatable bonds is 6. The quantitative estimate of drug-likeness (QED) is 0.764. The van der Waals surface area contributed by atoms with Gasteiger partial charge >= 0.3 is 6.03 Å². The minimum absolute atomic E-state index is 0.254. The van der Waals surface area contributed by atoms with Gasteiger partial charge in [0.1, 0.15) is 11.5 Å². The van der Waals surface area contributed by atoms with Crippen LogP contribution >= 0.6 is 11.8 Å². The molecule has 1 aromatic heterocycles. The molecule has 1 atom stereocenters. The zero-order valence-corrected chi connectivity index (χ0v) is 14.8. The average Bonchev–Trinajstić information content (AvgIpc) is 2.93. The van der Waals surface area contributed by atoms with Gasteiger partial charge in [-0.3, -0.25) is 0 Å². The van der Waals surface area contributed by atoms with E-state index in [9.17, 15) is 4.79 Å². The van der Waals surface area contributed by atoms with E-state index in [0.29, 0.717) is 17.5 Å². The number of urea groups is 1. The van der Waals surface area contributed by atoms with Crippen LogP contribution in [0.5, 0.6) is 0 Å². The molecular weight excluding hydrogens is 310 g/mol. The molecular formula is C17H23N3O2S. The summed E-state index contributed by atoms with van der Waals surface area (Å²) in [5.41, 5.74) is 2.56. The van der Waals surface area contributed by atoms with E-state index >= 15 is 0 Å². The van der Waals surface area contributed by atoms with E-state index in [2.05, 4.69) is 35.7 Å². The molecule has 0 fully saturated rings. The maximum absolute atomic E-state index is 12.0. The Morgan fingerprint density at radius 1 is 1.35 bits per heavy atom. The number of aryl methyl sites for hydroxylation is 2. The number of carbonyl (C=O) groups excluding carboxylic acids is 1. The Balaban J connectivity index is 1.90. The highest BCUT2D eigenvalue weighted by Crippen LogP contribution is 2.28. The monoisotopic (exact) mass is 333 g/mol. The number of anilines is 1. The highest BCUT2D eigenvalue weighted by Gasteiger charge is 2.08. The summed E-state index contributed by atoms with van der Waals surface area (Å²) in [6.45, 7) is 8.55. The van der Waals surface area contributed by atoms with Gasteiger partial charge < -0.3 is 15.2 Å². The van der Waals surface area contributed by atoms with Crippen LogP contribution in [0.4, 0.5) is 10.5 Å². The second-order valence-electron chi connectivity index (χ2n) is 5.55. The fourth-order valence-corrected chi connectivity index (χ4v) is 3.03. The lowest BCUT2D eigenvalue weighted by Crippen LogP contribution is -2.28. The fraction of sp³-hybridized carbons (Fsp3) is 0.412. The number of carbonyl (C=O) groups is 1. The molecule has 1 heterocycles. The van der Waals surface area contributed by atoms with Crippen molar-refractivity contribution < 1.29 is 9.32 Å². The van der Waals surface area contributed by atoms with Crippen LogP contribution < -0.4 is 10.6 Å². The molecule has 0 saturated heterocycles. The molecule has 2 rings (SSSR count). The van der Waals surface area contributed by atoms with Crippen molar-refractivity contribution in [2.75, 3.05) is 5.32 Å². The maximum Gasteiger partial charge on any atom is 0.319 e. The van der Waals surface area contributed by atoms with E-state index in [0.717, 1.165) is 23.4 Å². The number of nitrogens with one attached hydrogen (secondary N) is 2. The number of thioether (sulfide) groups is 1. The van der Waals surface area contributed by atoms with E-state index in [-0.39, 0.29) is 6.03 Å². The van der Waals surface area contributed by atoms with E-state index < -0.39 is 0 Å². The molecule has 1 aromatic carbocycles. The van der Waals surface area contributed by atoms with Gasteiger partial charge in [-0.25, -0.2) is 4.79 Å². The Kier molecular flexibility index (Phi) is 6.10. The second kappa shape index (κ2) is 8.06. The molecule has 0 aliphatic carbocycles. The normalized spacial score (nSPS) is 12.0. The van der Waals surface area contributed by atoms with Crippen LogP contribution in [0.15, 0.2) is 33.7 Å². The van der Waals surface area contributed by atoms with E-state index in [1.54, 1.807) is 6.07 Å². The maximum atomic E-state index is 12.0. The van der Waals surface area contributed by atoms with Gasteiger partial charge in [0.05, 0.1) is 6.54 Å². The average molecular weight is 333 g/mol. The number of hydrogen-bond donors (Lipinski definition) is 2. The van der Waals surface area contributed by atoms with Crippen molar-refractivity contribution >= 4 is 23.5 Å². The lowest BCUT2D eigenvalue weighted by molar-refractivity contribution is 0.251. The molecule has 2 aromatic rings. The SMILES string of the molecule is CC[C@H](C)Sc1ccc(NC(=O)NCc2cc(C)on2)c(C)c1. The van der Waals surface area contributed by atoms with Crippen molar-refractivity contribution in [1.82, 2.24) is 10.5 Å². The zero-order valence-electron chi connectivity index (χ0n) is 14.0. The summed E-state index contributed by atoms with van der Waals surface area (Å²) in [5, 5.41) is 10.1. The van der Waals surface area contributed by atoms with Gasteiger partial charge in [-0.2, -0.15) is 0 Å². The van der Waals surface area contributed by atoms with Crippen molar-refractivity contribution in [3.05, 3.63) is 41.3 Å². The molecule has 0 bridgehead atoms. The highest BCUT2D eigenvalue weighted by atomic mass is 32.2. The Hall–Kier alpha value is -1.95. The van der Waals surface area contributed by atoms with E-state index in [1.165, 1.54) is 4.90 Å². The third-order valence-corrected chi connectivity index (χ3v) is 4.73. The van der Waals surface area contributed by atoms with Gasteiger partial charge in [-0.05, 0) is 44.0 Å². The van der Waals surface area contributed by atoms with E-state index in [4.69, 9.17) is 4.52 Å². The topological polar surface area (TPSA) is 67.2 Å². The van der Waals surface area contributed by atoms with Crippen molar-refractivity contribution in [2.24, 2.45) is 0 Å². The molecule has 0 unspecified atom stereocenters. The predicted molar refractivity (Wildman–Crippen MR) is 93.9 cm³/mol. The summed E-state index contributed by atoms with van der Waals surface area (Å²) in [5.74, 6) is 0.729. The molecule has 6 heteroatoms. The molecule has 5 nitrogen and oxygen atoms in total. The lowest BCUT2D eigenvalue weighted by Gasteiger charge is -2.12. The predicted octanol–water partition coefficient (Wildman–Crippen LogP) is 4.50. The summed E-state index contributed by atoms with van der Waals surface area (Å²) in [6.07, 6.45) is 1.13. The number of amides is 2. The van der Waals surface area contributed by atoms with Crippen molar-refractivity contribution in [1.29, 1.82) is 0 Å². The van der Waals surface area contributed by atoms with Gasteiger partial charge in [-0.1, -0.05) is 19.0 Å². The van der Waals surface area contributed by atoms with Crippen molar-refractivity contribution in [3.63, 3.8) is 0 Å². The summed E-state index contributed by atoms with van der Waals surface area (Å²) >= 11 is 1.85. The molecule has 0 aliphatic heterocycles. The number of aromatic nitrogens is 1. The second-order valence-corrected chi connectivity index (χ2v) is 7.06. The minimum Gasteiger partial charge on any atom is -0.361 e. The summed E-state index contributed by atoms with van der Waals surface area (Å²) in [7, 11) is 0. The number of benzene rings is 1. The van der Waals surface area contributed by atoms with Crippen molar-refractivity contribution in [2.45, 2.75) is 50.8 Å². The van der Waals surface area contributed by atoms with Crippen LogP contribution in [0, 0.1) is 13.8 Å². The first-order chi connectivity index (χ1) is 11.0. The Labute approximate surface area is 141 Å². The summed E-state index contributed by atoms with van der Waals surface area (Å²) < 4.78 is 4.96. The smallest absolute Gasteiger partial charge is 0.319 e. The molecule has 0 saturated carbocycles. The lowest BCUT2D eigenvalue weighted by atomic mass is 10.2. The standard InChI is InChI=1S/C17H23N3O2S/c1-5-13(4)23-15-6-7-16(11(2)8-15)19-17(21)18-10-14-9-12(3)22-20-14/h6-9,13H,5,10H2,1-4H3,(H2,18,19,21)/t13-/m0/s1. The van der Waals surface area contributed by atoms with Crippen LogP contribution in [0.25, 0.3) is 0 Å². The Morgan fingerprint density at radius 3 is 2.74 bits per heavy atom.